The smallest absolute Gasteiger partial charge is 0.248 e. The third-order valence-electron chi connectivity index (χ3n) is 3.96. The number of piperazine rings is 1. The molecule has 1 fully saturated rings. The van der Waals surface area contributed by atoms with Gasteiger partial charge in [0.2, 0.25) is 11.8 Å². The van der Waals surface area contributed by atoms with Crippen LogP contribution < -0.4 is 5.32 Å². The number of aromatic nitrogens is 2. The van der Waals surface area contributed by atoms with Gasteiger partial charge in [0.1, 0.15) is 12.1 Å². The van der Waals surface area contributed by atoms with Crippen LogP contribution in [0.4, 0.5) is 0 Å². The lowest BCUT2D eigenvalue weighted by atomic mass is 9.94. The van der Waals surface area contributed by atoms with Crippen LogP contribution in [0.1, 0.15) is 38.6 Å². The van der Waals surface area contributed by atoms with Crippen LogP contribution in [0.2, 0.25) is 0 Å². The maximum Gasteiger partial charge on any atom is 0.248 e. The average Bonchev–Trinajstić information content (AvgIpc) is 2.76. The van der Waals surface area contributed by atoms with Crippen molar-refractivity contribution in [1.29, 1.82) is 0 Å². The van der Waals surface area contributed by atoms with E-state index in [0.29, 0.717) is 13.0 Å². The van der Waals surface area contributed by atoms with Crippen molar-refractivity contribution < 1.29 is 9.59 Å². The average molecular weight is 278 g/mol. The summed E-state index contributed by atoms with van der Waals surface area (Å²) in [4.78, 5) is 25.9. The highest BCUT2D eigenvalue weighted by Gasteiger charge is 2.41. The van der Waals surface area contributed by atoms with Crippen LogP contribution in [-0.4, -0.2) is 38.6 Å². The second-order valence-corrected chi connectivity index (χ2v) is 5.50. The minimum absolute atomic E-state index is 0.0288. The van der Waals surface area contributed by atoms with Crippen molar-refractivity contribution in [2.24, 2.45) is 7.05 Å². The number of carbonyl (C=O) groups excluding carboxylic acids is 2. The Morgan fingerprint density at radius 1 is 1.40 bits per heavy atom. The Morgan fingerprint density at radius 2 is 2.10 bits per heavy atom. The van der Waals surface area contributed by atoms with Crippen LogP contribution in [0.15, 0.2) is 6.07 Å². The fraction of sp³-hybridized carbons (Fsp3) is 0.643. The van der Waals surface area contributed by atoms with Crippen molar-refractivity contribution in [3.8, 4) is 0 Å². The molecule has 6 nitrogen and oxygen atoms in total. The summed E-state index contributed by atoms with van der Waals surface area (Å²) in [6.07, 6.45) is 1.44. The maximum absolute atomic E-state index is 12.5. The highest BCUT2D eigenvalue weighted by molar-refractivity contribution is 5.97. The van der Waals surface area contributed by atoms with Gasteiger partial charge in [-0.25, -0.2) is 0 Å². The molecule has 20 heavy (non-hydrogen) atoms. The molecule has 110 valence electrons. The summed E-state index contributed by atoms with van der Waals surface area (Å²) in [6.45, 7) is 6.26. The molecule has 2 rings (SSSR count). The topological polar surface area (TPSA) is 67.2 Å². The number of hydrogen-bond acceptors (Lipinski definition) is 3. The zero-order chi connectivity index (χ0) is 14.9. The predicted molar refractivity (Wildman–Crippen MR) is 74.8 cm³/mol. The summed E-state index contributed by atoms with van der Waals surface area (Å²) < 4.78 is 1.78. The van der Waals surface area contributed by atoms with Crippen molar-refractivity contribution >= 4 is 11.8 Å². The number of nitrogens with one attached hydrogen (secondary N) is 1. The number of nitrogens with zero attached hydrogens (tertiary/aromatic N) is 3. The Labute approximate surface area is 119 Å². The Morgan fingerprint density at radius 3 is 2.65 bits per heavy atom. The Kier molecular flexibility index (Phi) is 3.83. The van der Waals surface area contributed by atoms with Crippen molar-refractivity contribution in [1.82, 2.24) is 20.0 Å². The molecule has 2 amide bonds. The molecule has 1 aliphatic heterocycles. The lowest BCUT2D eigenvalue weighted by Crippen LogP contribution is -2.64. The first-order valence-corrected chi connectivity index (χ1v) is 7.01. The molecule has 1 aromatic rings. The Hall–Kier alpha value is -1.85. The molecule has 1 aromatic heterocycles. The van der Waals surface area contributed by atoms with Crippen LogP contribution >= 0.6 is 0 Å². The molecular weight excluding hydrogens is 256 g/mol. The standard InChI is InChI=1S/C14H22N4O2/c1-5-10-7-11(17(4)16-10)8-18-9-12(19)15-14(3,6-2)13(18)20/h7H,5-6,8-9H2,1-4H3,(H,15,19). The van der Waals surface area contributed by atoms with Gasteiger partial charge in [-0.2, -0.15) is 5.10 Å². The van der Waals surface area contributed by atoms with E-state index in [1.165, 1.54) is 0 Å². The first kappa shape index (κ1) is 14.6. The SMILES string of the molecule is CCc1cc(CN2CC(=O)NC(C)(CC)C2=O)n(C)n1. The van der Waals surface area contributed by atoms with Gasteiger partial charge in [0.05, 0.1) is 17.9 Å². The first-order valence-electron chi connectivity index (χ1n) is 7.01. The zero-order valence-electron chi connectivity index (χ0n) is 12.6. The molecule has 0 saturated carbocycles. The lowest BCUT2D eigenvalue weighted by molar-refractivity contribution is -0.150. The number of amides is 2. The predicted octanol–water partition coefficient (Wildman–Crippen LogP) is 0.610. The molecule has 0 radical (unpaired) electrons. The molecule has 6 heteroatoms. The normalized spacial score (nSPS) is 23.1. The molecule has 1 N–H and O–H groups in total. The van der Waals surface area contributed by atoms with Crippen molar-refractivity contribution in [3.63, 3.8) is 0 Å². The van der Waals surface area contributed by atoms with Gasteiger partial charge in [0.15, 0.2) is 0 Å². The molecule has 0 spiro atoms. The molecule has 0 aliphatic carbocycles. The van der Waals surface area contributed by atoms with E-state index in [9.17, 15) is 9.59 Å². The third-order valence-corrected chi connectivity index (χ3v) is 3.96. The van der Waals surface area contributed by atoms with E-state index in [1.807, 2.05) is 27.0 Å². The van der Waals surface area contributed by atoms with Gasteiger partial charge in [-0.15, -0.1) is 0 Å². The fourth-order valence-corrected chi connectivity index (χ4v) is 2.45. The minimum atomic E-state index is -0.790. The molecular formula is C14H22N4O2. The summed E-state index contributed by atoms with van der Waals surface area (Å²) in [5, 5.41) is 7.16. The van der Waals surface area contributed by atoms with E-state index in [4.69, 9.17) is 0 Å². The van der Waals surface area contributed by atoms with Gasteiger partial charge in [-0.05, 0) is 25.8 Å². The molecule has 2 heterocycles. The third kappa shape index (κ3) is 2.55. The molecule has 0 aromatic carbocycles. The zero-order valence-corrected chi connectivity index (χ0v) is 12.6. The van der Waals surface area contributed by atoms with Gasteiger partial charge < -0.3 is 10.2 Å². The fourth-order valence-electron chi connectivity index (χ4n) is 2.45. The number of aryl methyl sites for hydroxylation is 2. The summed E-state index contributed by atoms with van der Waals surface area (Å²) in [6, 6.07) is 1.99. The monoisotopic (exact) mass is 278 g/mol. The van der Waals surface area contributed by atoms with E-state index >= 15 is 0 Å². The maximum atomic E-state index is 12.5. The largest absolute Gasteiger partial charge is 0.340 e. The lowest BCUT2D eigenvalue weighted by Gasteiger charge is -2.39. The highest BCUT2D eigenvalue weighted by atomic mass is 16.2. The van der Waals surface area contributed by atoms with Gasteiger partial charge in [0, 0.05) is 7.05 Å². The van der Waals surface area contributed by atoms with Crippen LogP contribution in [0.3, 0.4) is 0 Å². The second-order valence-electron chi connectivity index (χ2n) is 5.50. The minimum Gasteiger partial charge on any atom is -0.340 e. The van der Waals surface area contributed by atoms with E-state index in [0.717, 1.165) is 17.8 Å². The van der Waals surface area contributed by atoms with E-state index in [1.54, 1.807) is 16.5 Å². The Balaban J connectivity index is 2.21. The molecule has 0 bridgehead atoms. The second kappa shape index (κ2) is 5.26. The van der Waals surface area contributed by atoms with E-state index in [2.05, 4.69) is 10.4 Å². The summed E-state index contributed by atoms with van der Waals surface area (Å²) in [7, 11) is 1.86. The highest BCUT2D eigenvalue weighted by Crippen LogP contribution is 2.19. The Bertz CT molecular complexity index is 537. The molecule has 1 unspecified atom stereocenters. The summed E-state index contributed by atoms with van der Waals surface area (Å²) in [5.74, 6) is -0.134. The van der Waals surface area contributed by atoms with Crippen LogP contribution in [0.25, 0.3) is 0 Å². The quantitative estimate of drug-likeness (QED) is 0.877. The summed E-state index contributed by atoms with van der Waals surface area (Å²) in [5.41, 5.74) is 1.15. The summed E-state index contributed by atoms with van der Waals surface area (Å²) >= 11 is 0. The van der Waals surface area contributed by atoms with Gasteiger partial charge >= 0.3 is 0 Å². The van der Waals surface area contributed by atoms with Gasteiger partial charge in [-0.3, -0.25) is 14.3 Å². The molecule has 1 atom stereocenters. The number of carbonyl (C=O) groups is 2. The number of hydrogen-bond donors (Lipinski definition) is 1. The van der Waals surface area contributed by atoms with E-state index < -0.39 is 5.54 Å². The van der Waals surface area contributed by atoms with E-state index in [-0.39, 0.29) is 18.4 Å². The molecule has 1 aliphatic rings. The van der Waals surface area contributed by atoms with Crippen molar-refractivity contribution in [3.05, 3.63) is 17.5 Å². The first-order chi connectivity index (χ1) is 9.39. The molecule has 1 saturated heterocycles. The van der Waals surface area contributed by atoms with Gasteiger partial charge in [-0.1, -0.05) is 13.8 Å². The van der Waals surface area contributed by atoms with Crippen LogP contribution in [0.5, 0.6) is 0 Å². The van der Waals surface area contributed by atoms with Crippen LogP contribution in [-0.2, 0) is 29.6 Å². The number of rotatable bonds is 4. The van der Waals surface area contributed by atoms with Crippen molar-refractivity contribution in [2.45, 2.75) is 45.7 Å². The van der Waals surface area contributed by atoms with Gasteiger partial charge in [0.25, 0.3) is 0 Å². The van der Waals surface area contributed by atoms with Crippen molar-refractivity contribution in [2.75, 3.05) is 6.54 Å². The van der Waals surface area contributed by atoms with Crippen LogP contribution in [0, 0.1) is 0 Å².